The molecule has 3 N–H and O–H groups in total. The number of aromatic amines is 1. The number of nitrogens with zero attached hydrogens (tertiary/aromatic N) is 2. The first-order valence-electron chi connectivity index (χ1n) is 9.55. The lowest BCUT2D eigenvalue weighted by molar-refractivity contribution is -0.136. The summed E-state index contributed by atoms with van der Waals surface area (Å²) in [5.41, 5.74) is 3.53. The zero-order chi connectivity index (χ0) is 19.3. The number of carbonyl (C=O) groups excluding carboxylic acids is 2. The molecule has 7 nitrogen and oxygen atoms in total. The van der Waals surface area contributed by atoms with Crippen molar-refractivity contribution in [3.05, 3.63) is 54.5 Å². The number of hydrogen-bond acceptors (Lipinski definition) is 4. The number of carbonyl (C=O) groups is 2. The SMILES string of the molecule is O=C(NCc1cccc(N2CCCCC2)c1)C(=O)Nc1c[nH]c2ccncc12. The molecule has 0 aliphatic carbocycles. The van der Waals surface area contributed by atoms with Crippen molar-refractivity contribution in [2.24, 2.45) is 0 Å². The highest BCUT2D eigenvalue weighted by Gasteiger charge is 2.16. The van der Waals surface area contributed by atoms with Gasteiger partial charge in [0, 0.05) is 49.3 Å². The van der Waals surface area contributed by atoms with E-state index in [-0.39, 0.29) is 0 Å². The third-order valence-electron chi connectivity index (χ3n) is 5.02. The number of anilines is 2. The summed E-state index contributed by atoms with van der Waals surface area (Å²) in [5, 5.41) is 6.09. The number of piperidine rings is 1. The van der Waals surface area contributed by atoms with Crippen LogP contribution in [0.3, 0.4) is 0 Å². The molecule has 2 aromatic heterocycles. The molecule has 0 radical (unpaired) electrons. The van der Waals surface area contributed by atoms with E-state index in [1.807, 2.05) is 12.1 Å². The van der Waals surface area contributed by atoms with Gasteiger partial charge in [-0.05, 0) is 43.0 Å². The summed E-state index contributed by atoms with van der Waals surface area (Å²) >= 11 is 0. The molecule has 7 heteroatoms. The smallest absolute Gasteiger partial charge is 0.313 e. The van der Waals surface area contributed by atoms with Crippen molar-refractivity contribution in [3.8, 4) is 0 Å². The Kier molecular flexibility index (Phi) is 5.23. The normalized spacial score (nSPS) is 14.1. The number of hydrogen-bond donors (Lipinski definition) is 3. The summed E-state index contributed by atoms with van der Waals surface area (Å²) in [6.45, 7) is 2.44. The van der Waals surface area contributed by atoms with E-state index in [0.29, 0.717) is 12.2 Å². The number of benzene rings is 1. The van der Waals surface area contributed by atoms with Gasteiger partial charge in [0.15, 0.2) is 0 Å². The van der Waals surface area contributed by atoms with Gasteiger partial charge in [0.2, 0.25) is 0 Å². The molecular formula is C21H23N5O2. The quantitative estimate of drug-likeness (QED) is 0.610. The maximum atomic E-state index is 12.2. The summed E-state index contributed by atoms with van der Waals surface area (Å²) in [6.07, 6.45) is 8.67. The Balaban J connectivity index is 1.35. The van der Waals surface area contributed by atoms with Gasteiger partial charge in [-0.15, -0.1) is 0 Å². The summed E-state index contributed by atoms with van der Waals surface area (Å²) in [6, 6.07) is 9.92. The van der Waals surface area contributed by atoms with Crippen LogP contribution in [0.4, 0.5) is 11.4 Å². The molecule has 0 atom stereocenters. The summed E-state index contributed by atoms with van der Waals surface area (Å²) in [4.78, 5) is 33.9. The highest BCUT2D eigenvalue weighted by Crippen LogP contribution is 2.22. The lowest BCUT2D eigenvalue weighted by Gasteiger charge is -2.29. The van der Waals surface area contributed by atoms with Gasteiger partial charge in [-0.25, -0.2) is 0 Å². The first-order valence-corrected chi connectivity index (χ1v) is 9.55. The minimum atomic E-state index is -0.697. The second-order valence-corrected chi connectivity index (χ2v) is 6.98. The lowest BCUT2D eigenvalue weighted by Crippen LogP contribution is -2.35. The van der Waals surface area contributed by atoms with E-state index >= 15 is 0 Å². The minimum Gasteiger partial charge on any atom is -0.372 e. The molecule has 0 unspecified atom stereocenters. The van der Waals surface area contributed by atoms with E-state index in [1.54, 1.807) is 24.7 Å². The molecule has 144 valence electrons. The number of H-pyrrole nitrogens is 1. The molecular weight excluding hydrogens is 354 g/mol. The average Bonchev–Trinajstić information content (AvgIpc) is 3.16. The number of nitrogens with one attached hydrogen (secondary N) is 3. The third-order valence-corrected chi connectivity index (χ3v) is 5.02. The van der Waals surface area contributed by atoms with Crippen molar-refractivity contribution in [2.75, 3.05) is 23.3 Å². The fraction of sp³-hybridized carbons (Fsp3) is 0.286. The summed E-state index contributed by atoms with van der Waals surface area (Å²) in [5.74, 6) is -1.36. The number of pyridine rings is 1. The Morgan fingerprint density at radius 1 is 1.11 bits per heavy atom. The molecule has 1 saturated heterocycles. The van der Waals surface area contributed by atoms with E-state index in [9.17, 15) is 9.59 Å². The average molecular weight is 377 g/mol. The Bertz CT molecular complexity index is 991. The van der Waals surface area contributed by atoms with Crippen molar-refractivity contribution in [2.45, 2.75) is 25.8 Å². The molecule has 3 aromatic rings. The molecule has 1 fully saturated rings. The molecule has 1 aromatic carbocycles. The van der Waals surface area contributed by atoms with Crippen LogP contribution in [-0.2, 0) is 16.1 Å². The molecule has 1 aliphatic heterocycles. The van der Waals surface area contributed by atoms with Crippen molar-refractivity contribution in [1.29, 1.82) is 0 Å². The predicted molar refractivity (Wildman–Crippen MR) is 109 cm³/mol. The van der Waals surface area contributed by atoms with Gasteiger partial charge in [0.25, 0.3) is 0 Å². The molecule has 0 saturated carbocycles. The maximum Gasteiger partial charge on any atom is 0.313 e. The van der Waals surface area contributed by atoms with Gasteiger partial charge >= 0.3 is 11.8 Å². The van der Waals surface area contributed by atoms with Crippen LogP contribution >= 0.6 is 0 Å². The number of amides is 2. The first kappa shape index (κ1) is 18.0. The largest absolute Gasteiger partial charge is 0.372 e. The Morgan fingerprint density at radius 3 is 2.82 bits per heavy atom. The van der Waals surface area contributed by atoms with E-state index in [0.717, 1.165) is 29.6 Å². The van der Waals surface area contributed by atoms with Crippen LogP contribution in [0.5, 0.6) is 0 Å². The topological polar surface area (TPSA) is 90.1 Å². The maximum absolute atomic E-state index is 12.2. The number of fused-ring (bicyclic) bond motifs is 1. The van der Waals surface area contributed by atoms with Crippen LogP contribution in [0.1, 0.15) is 24.8 Å². The van der Waals surface area contributed by atoms with E-state index in [1.165, 1.54) is 24.9 Å². The second-order valence-electron chi connectivity index (χ2n) is 6.98. The minimum absolute atomic E-state index is 0.309. The molecule has 28 heavy (non-hydrogen) atoms. The summed E-state index contributed by atoms with van der Waals surface area (Å²) in [7, 11) is 0. The van der Waals surface area contributed by atoms with Crippen LogP contribution in [0.2, 0.25) is 0 Å². The van der Waals surface area contributed by atoms with E-state index in [4.69, 9.17) is 0 Å². The van der Waals surface area contributed by atoms with E-state index in [2.05, 4.69) is 37.6 Å². The number of aromatic nitrogens is 2. The molecule has 4 rings (SSSR count). The highest BCUT2D eigenvalue weighted by molar-refractivity contribution is 6.40. The molecule has 2 amide bonds. The Hall–Kier alpha value is -3.35. The second kappa shape index (κ2) is 8.12. The molecule has 1 aliphatic rings. The monoisotopic (exact) mass is 377 g/mol. The van der Waals surface area contributed by atoms with Gasteiger partial charge in [0.1, 0.15) is 0 Å². The standard InChI is InChI=1S/C21H23N5O2/c27-20(21(28)25-19-14-23-18-7-8-22-13-17(18)19)24-12-15-5-4-6-16(11-15)26-9-2-1-3-10-26/h4-8,11,13-14,23H,1-3,9-10,12H2,(H,24,27)(H,25,28). The highest BCUT2D eigenvalue weighted by atomic mass is 16.2. The lowest BCUT2D eigenvalue weighted by atomic mass is 10.1. The van der Waals surface area contributed by atoms with Gasteiger partial charge in [-0.2, -0.15) is 0 Å². The van der Waals surface area contributed by atoms with Crippen LogP contribution in [0.15, 0.2) is 48.9 Å². The summed E-state index contributed by atoms with van der Waals surface area (Å²) < 4.78 is 0. The van der Waals surface area contributed by atoms with Crippen LogP contribution in [-0.4, -0.2) is 34.9 Å². The van der Waals surface area contributed by atoms with Crippen molar-refractivity contribution < 1.29 is 9.59 Å². The number of rotatable bonds is 4. The fourth-order valence-electron chi connectivity index (χ4n) is 3.52. The van der Waals surface area contributed by atoms with Crippen LogP contribution in [0.25, 0.3) is 10.9 Å². The molecule has 0 bridgehead atoms. The third kappa shape index (κ3) is 3.98. The zero-order valence-corrected chi connectivity index (χ0v) is 15.6. The Labute approximate surface area is 163 Å². The van der Waals surface area contributed by atoms with Gasteiger partial charge in [0.05, 0.1) is 11.2 Å². The van der Waals surface area contributed by atoms with Crippen molar-refractivity contribution in [1.82, 2.24) is 15.3 Å². The fourth-order valence-corrected chi connectivity index (χ4v) is 3.52. The van der Waals surface area contributed by atoms with Crippen LogP contribution < -0.4 is 15.5 Å². The molecule has 0 spiro atoms. The van der Waals surface area contributed by atoms with Gasteiger partial charge < -0.3 is 20.5 Å². The van der Waals surface area contributed by atoms with Crippen molar-refractivity contribution >= 4 is 34.1 Å². The Morgan fingerprint density at radius 2 is 1.96 bits per heavy atom. The predicted octanol–water partition coefficient (Wildman–Crippen LogP) is 2.81. The van der Waals surface area contributed by atoms with Crippen LogP contribution in [0, 0.1) is 0 Å². The zero-order valence-electron chi connectivity index (χ0n) is 15.6. The van der Waals surface area contributed by atoms with E-state index < -0.39 is 11.8 Å². The van der Waals surface area contributed by atoms with Gasteiger partial charge in [-0.3, -0.25) is 14.6 Å². The first-order chi connectivity index (χ1) is 13.7. The molecule has 3 heterocycles. The van der Waals surface area contributed by atoms with Gasteiger partial charge in [-0.1, -0.05) is 12.1 Å². The van der Waals surface area contributed by atoms with Crippen molar-refractivity contribution in [3.63, 3.8) is 0 Å².